The van der Waals surface area contributed by atoms with Gasteiger partial charge in [-0.15, -0.1) is 4.40 Å². The third-order valence-corrected chi connectivity index (χ3v) is 5.04. The Morgan fingerprint density at radius 1 is 1.05 bits per heavy atom. The van der Waals surface area contributed by atoms with Crippen LogP contribution in [0.2, 0.25) is 0 Å². The molecular weight excluding hydrogens is 387 g/mol. The van der Waals surface area contributed by atoms with Crippen LogP contribution >= 0.6 is 22.6 Å². The van der Waals surface area contributed by atoms with Crippen molar-refractivity contribution in [2.75, 3.05) is 4.90 Å². The molecule has 0 aromatic heterocycles. The van der Waals surface area contributed by atoms with Crippen molar-refractivity contribution >= 4 is 44.6 Å². The molecule has 0 N–H and O–H groups in total. The number of fused-ring (bicyclic) bond motifs is 1. The van der Waals surface area contributed by atoms with Crippen LogP contribution in [0.3, 0.4) is 0 Å². The van der Waals surface area contributed by atoms with Gasteiger partial charge >= 0.3 is 0 Å². The van der Waals surface area contributed by atoms with Crippen LogP contribution < -0.4 is 4.90 Å². The van der Waals surface area contributed by atoms with Crippen LogP contribution in [0.4, 0.5) is 5.69 Å². The Balaban J connectivity index is 1.98. The van der Waals surface area contributed by atoms with E-state index in [9.17, 15) is 8.42 Å². The number of sulfonamides is 1. The van der Waals surface area contributed by atoms with Crippen LogP contribution in [0.25, 0.3) is 0 Å². The van der Waals surface area contributed by atoms with E-state index in [4.69, 9.17) is 0 Å². The summed E-state index contributed by atoms with van der Waals surface area (Å²) in [6.45, 7) is 0.590. The summed E-state index contributed by atoms with van der Waals surface area (Å²) in [5, 5.41) is 0. The lowest BCUT2D eigenvalue weighted by Crippen LogP contribution is -2.26. The van der Waals surface area contributed by atoms with E-state index in [1.807, 2.05) is 35.2 Å². The van der Waals surface area contributed by atoms with Crippen LogP contribution in [0.1, 0.15) is 5.56 Å². The molecule has 0 atom stereocenters. The highest BCUT2D eigenvalue weighted by Gasteiger charge is 2.24. The van der Waals surface area contributed by atoms with E-state index in [0.29, 0.717) is 12.2 Å². The van der Waals surface area contributed by atoms with Crippen molar-refractivity contribution in [1.29, 1.82) is 0 Å². The summed E-state index contributed by atoms with van der Waals surface area (Å²) in [6, 6.07) is 15.0. The van der Waals surface area contributed by atoms with Gasteiger partial charge in [0.1, 0.15) is 11.2 Å². The first-order valence-electron chi connectivity index (χ1n) is 5.97. The van der Waals surface area contributed by atoms with E-state index in [1.54, 1.807) is 18.2 Å². The Hall–Kier alpha value is -1.41. The molecule has 0 saturated carbocycles. The van der Waals surface area contributed by atoms with Crippen molar-refractivity contribution in [3.05, 3.63) is 57.7 Å². The van der Waals surface area contributed by atoms with Gasteiger partial charge in [-0.3, -0.25) is 0 Å². The third-order valence-electron chi connectivity index (χ3n) is 3.04. The van der Waals surface area contributed by atoms with Crippen molar-refractivity contribution < 1.29 is 8.42 Å². The van der Waals surface area contributed by atoms with Crippen molar-refractivity contribution in [3.8, 4) is 0 Å². The van der Waals surface area contributed by atoms with Crippen molar-refractivity contribution in [1.82, 2.24) is 0 Å². The fraction of sp³-hybridized carbons (Fsp3) is 0.0714. The van der Waals surface area contributed by atoms with Crippen LogP contribution in [-0.4, -0.2) is 14.8 Å². The second-order valence-electron chi connectivity index (χ2n) is 4.42. The highest BCUT2D eigenvalue weighted by atomic mass is 127. The summed E-state index contributed by atoms with van der Waals surface area (Å²) in [6.07, 6.45) is 1.38. The molecule has 1 aliphatic heterocycles. The molecule has 102 valence electrons. The molecule has 0 unspecified atom stereocenters. The topological polar surface area (TPSA) is 49.7 Å². The monoisotopic (exact) mass is 398 g/mol. The summed E-state index contributed by atoms with van der Waals surface area (Å²) in [4.78, 5) is 2.10. The Labute approximate surface area is 131 Å². The summed E-state index contributed by atoms with van der Waals surface area (Å²) in [5.41, 5.74) is 1.77. The summed E-state index contributed by atoms with van der Waals surface area (Å²) < 4.78 is 28.6. The van der Waals surface area contributed by atoms with Gasteiger partial charge < -0.3 is 4.90 Å². The molecule has 3 rings (SSSR count). The lowest BCUT2D eigenvalue weighted by atomic mass is 10.2. The van der Waals surface area contributed by atoms with E-state index < -0.39 is 10.0 Å². The van der Waals surface area contributed by atoms with E-state index in [0.717, 1.165) is 5.56 Å². The van der Waals surface area contributed by atoms with Crippen molar-refractivity contribution in [3.63, 3.8) is 0 Å². The van der Waals surface area contributed by atoms with Gasteiger partial charge in [0.05, 0.1) is 5.69 Å². The fourth-order valence-corrected chi connectivity index (χ4v) is 3.47. The van der Waals surface area contributed by atoms with E-state index in [2.05, 4.69) is 27.0 Å². The Bertz CT molecular complexity index is 770. The van der Waals surface area contributed by atoms with E-state index in [1.165, 1.54) is 9.91 Å². The summed E-state index contributed by atoms with van der Waals surface area (Å²) in [7, 11) is -3.55. The first kappa shape index (κ1) is 13.6. The SMILES string of the molecule is O=S1(=O)N=CN(Cc2ccc(I)cc2)c2ccccc21. The molecule has 0 bridgehead atoms. The molecule has 1 aliphatic rings. The van der Waals surface area contributed by atoms with Gasteiger partial charge in [0.15, 0.2) is 0 Å². The zero-order valence-electron chi connectivity index (χ0n) is 10.4. The molecule has 0 radical (unpaired) electrons. The number of benzene rings is 2. The normalized spacial score (nSPS) is 15.9. The van der Waals surface area contributed by atoms with Gasteiger partial charge in [-0.05, 0) is 52.4 Å². The second-order valence-corrected chi connectivity index (χ2v) is 7.26. The molecule has 0 saturated heterocycles. The van der Waals surface area contributed by atoms with E-state index in [-0.39, 0.29) is 4.90 Å². The highest BCUT2D eigenvalue weighted by molar-refractivity contribution is 14.1. The Kier molecular flexibility index (Phi) is 3.51. The lowest BCUT2D eigenvalue weighted by molar-refractivity contribution is 0.597. The van der Waals surface area contributed by atoms with E-state index >= 15 is 0 Å². The average Bonchev–Trinajstić information content (AvgIpc) is 2.45. The van der Waals surface area contributed by atoms with Gasteiger partial charge in [0.2, 0.25) is 0 Å². The number of para-hydroxylation sites is 1. The average molecular weight is 398 g/mol. The smallest absolute Gasteiger partial charge is 0.285 e. The molecular formula is C14H11IN2O2S. The maximum atomic E-state index is 11.9. The first-order chi connectivity index (χ1) is 9.56. The summed E-state index contributed by atoms with van der Waals surface area (Å²) in [5.74, 6) is 0. The molecule has 0 aliphatic carbocycles. The number of halogens is 1. The molecule has 0 fully saturated rings. The number of nitrogens with zero attached hydrogens (tertiary/aromatic N) is 2. The Morgan fingerprint density at radius 2 is 1.75 bits per heavy atom. The summed E-state index contributed by atoms with van der Waals surface area (Å²) >= 11 is 2.25. The predicted octanol–water partition coefficient (Wildman–Crippen LogP) is 3.03. The molecule has 2 aromatic rings. The number of hydrogen-bond donors (Lipinski definition) is 0. The minimum atomic E-state index is -3.55. The molecule has 0 amide bonds. The predicted molar refractivity (Wildman–Crippen MR) is 87.5 cm³/mol. The van der Waals surface area contributed by atoms with Gasteiger partial charge in [-0.25, -0.2) is 0 Å². The Morgan fingerprint density at radius 3 is 2.50 bits per heavy atom. The minimum absolute atomic E-state index is 0.257. The van der Waals surface area contributed by atoms with Crippen molar-refractivity contribution in [2.45, 2.75) is 11.4 Å². The van der Waals surface area contributed by atoms with Crippen molar-refractivity contribution in [2.24, 2.45) is 4.40 Å². The molecule has 4 nitrogen and oxygen atoms in total. The second kappa shape index (κ2) is 5.17. The first-order valence-corrected chi connectivity index (χ1v) is 8.49. The zero-order chi connectivity index (χ0) is 14.2. The third kappa shape index (κ3) is 2.57. The van der Waals surface area contributed by atoms with Crippen LogP contribution in [0.15, 0.2) is 57.8 Å². The number of rotatable bonds is 2. The quantitative estimate of drug-likeness (QED) is 0.731. The van der Waals surface area contributed by atoms with Gasteiger partial charge in [0, 0.05) is 10.1 Å². The van der Waals surface area contributed by atoms with Gasteiger partial charge in [0.25, 0.3) is 10.0 Å². The largest absolute Gasteiger partial charge is 0.326 e. The lowest BCUT2D eigenvalue weighted by Gasteiger charge is -2.25. The highest BCUT2D eigenvalue weighted by Crippen LogP contribution is 2.30. The maximum Gasteiger partial charge on any atom is 0.285 e. The van der Waals surface area contributed by atoms with Crippen LogP contribution in [0, 0.1) is 3.57 Å². The molecule has 1 heterocycles. The number of anilines is 1. The van der Waals surface area contributed by atoms with Crippen LogP contribution in [-0.2, 0) is 16.6 Å². The number of hydrogen-bond acceptors (Lipinski definition) is 3. The molecule has 0 spiro atoms. The molecule has 2 aromatic carbocycles. The molecule has 20 heavy (non-hydrogen) atoms. The van der Waals surface area contributed by atoms with Gasteiger partial charge in [-0.1, -0.05) is 24.3 Å². The zero-order valence-corrected chi connectivity index (χ0v) is 13.4. The van der Waals surface area contributed by atoms with Gasteiger partial charge in [-0.2, -0.15) is 8.42 Å². The molecule has 6 heteroatoms. The maximum absolute atomic E-state index is 11.9. The standard InChI is InChI=1S/C14H11IN2O2S/c15-12-7-5-11(6-8-12)9-17-10-16-20(18,19)14-4-2-1-3-13(14)17/h1-8,10H,9H2. The fourth-order valence-electron chi connectivity index (χ4n) is 2.06. The van der Waals surface area contributed by atoms with Crippen LogP contribution in [0.5, 0.6) is 0 Å². The minimum Gasteiger partial charge on any atom is -0.326 e.